The van der Waals surface area contributed by atoms with Crippen LogP contribution in [0.15, 0.2) is 24.3 Å². The maximum absolute atomic E-state index is 9.00. The first kappa shape index (κ1) is 12.1. The Morgan fingerprint density at radius 2 is 1.38 bits per heavy atom. The number of rotatable bonds is 0. The van der Waals surface area contributed by atoms with Gasteiger partial charge >= 0.3 is 33.1 Å². The summed E-state index contributed by atoms with van der Waals surface area (Å²) in [4.78, 5) is 20.6. The first-order valence-electron chi connectivity index (χ1n) is 4.06. The van der Waals surface area contributed by atoms with E-state index in [2.05, 4.69) is 24.3 Å². The van der Waals surface area contributed by atoms with Crippen LogP contribution in [0.1, 0.15) is 25.7 Å². The van der Waals surface area contributed by atoms with Gasteiger partial charge in [0.15, 0.2) is 0 Å². The summed E-state index contributed by atoms with van der Waals surface area (Å²) in [5.74, 6) is 0. The molecule has 0 unspecified atom stereocenters. The van der Waals surface area contributed by atoms with Gasteiger partial charge in [-0.05, 0) is 25.7 Å². The molecule has 0 fully saturated rings. The predicted octanol–water partition coefficient (Wildman–Crippen LogP) is 1.88. The summed E-state index contributed by atoms with van der Waals surface area (Å²) in [6.45, 7) is 0. The number of hydrogen-bond donors (Lipinski definition) is 0. The zero-order valence-electron chi connectivity index (χ0n) is 7.29. The molecular weight excluding hydrogens is 211 g/mol. The number of hydrogen-bond acceptors (Lipinski definition) is 2. The van der Waals surface area contributed by atoms with E-state index in [0.717, 1.165) is 0 Å². The van der Waals surface area contributed by atoms with Crippen LogP contribution >= 0.6 is 0 Å². The van der Waals surface area contributed by atoms with Crippen molar-refractivity contribution in [3.05, 3.63) is 24.3 Å². The maximum atomic E-state index is 9.00. The van der Waals surface area contributed by atoms with Crippen LogP contribution in [0.2, 0.25) is 0 Å². The average molecular weight is 223 g/mol. The third-order valence-electron chi connectivity index (χ3n) is 1.44. The molecule has 0 amide bonds. The third kappa shape index (κ3) is 11.1. The van der Waals surface area contributed by atoms with Crippen LogP contribution in [-0.4, -0.2) is 9.65 Å². The Hall–Kier alpha value is -0.854. The molecule has 73 valence electrons. The van der Waals surface area contributed by atoms with E-state index in [1.54, 1.807) is 0 Å². The fourth-order valence-electron chi connectivity index (χ4n) is 0.888. The molecule has 0 aromatic carbocycles. The van der Waals surface area contributed by atoms with Crippen molar-refractivity contribution < 1.29 is 23.4 Å². The Labute approximate surface area is 83.4 Å². The molecule has 1 aliphatic rings. The Balaban J connectivity index is 0.000000252. The van der Waals surface area contributed by atoms with E-state index < -0.39 is 0 Å². The van der Waals surface area contributed by atoms with Crippen molar-refractivity contribution in [3.63, 3.8) is 0 Å². The summed E-state index contributed by atoms with van der Waals surface area (Å²) < 4.78 is 0. The van der Waals surface area contributed by atoms with E-state index in [1.165, 1.54) is 35.3 Å². The molecule has 0 spiro atoms. The summed E-state index contributed by atoms with van der Waals surface area (Å²) in [6, 6.07) is 0. The van der Waals surface area contributed by atoms with Gasteiger partial charge in [-0.25, -0.2) is 0 Å². The molecule has 3 heteroatoms. The van der Waals surface area contributed by atoms with E-state index in [1.807, 2.05) is 0 Å². The average Bonchev–Trinajstić information content (AvgIpc) is 2.05. The first-order valence-corrected chi connectivity index (χ1v) is 5.10. The van der Waals surface area contributed by atoms with Crippen molar-refractivity contribution >= 4 is 9.65 Å². The minimum absolute atomic E-state index is 0.00694. The van der Waals surface area contributed by atoms with Gasteiger partial charge in [0, 0.05) is 0 Å². The van der Waals surface area contributed by atoms with Crippen LogP contribution in [0.5, 0.6) is 0 Å². The Kier molecular flexibility index (Phi) is 10.4. The van der Waals surface area contributed by atoms with Crippen molar-refractivity contribution in [3.8, 4) is 0 Å². The molecule has 2 nitrogen and oxygen atoms in total. The SMILES string of the molecule is C1=CCCCCC=C1.O=[C]=[Co]=[C]=O. The molecule has 0 atom stereocenters. The second-order valence-corrected chi connectivity index (χ2v) is 3.05. The normalized spacial score (nSPS) is 14.2. The molecule has 13 heavy (non-hydrogen) atoms. The van der Waals surface area contributed by atoms with E-state index >= 15 is 0 Å². The molecule has 0 aliphatic heterocycles. The zero-order valence-corrected chi connectivity index (χ0v) is 8.33. The molecule has 0 aromatic rings. The molecule has 0 bridgehead atoms. The van der Waals surface area contributed by atoms with Crippen molar-refractivity contribution in [1.29, 1.82) is 0 Å². The second kappa shape index (κ2) is 11.1. The van der Waals surface area contributed by atoms with E-state index in [0.29, 0.717) is 0 Å². The van der Waals surface area contributed by atoms with Crippen LogP contribution in [-0.2, 0) is 23.4 Å². The zero-order chi connectivity index (χ0) is 9.78. The molecular formula is C10H12CoO2. The van der Waals surface area contributed by atoms with E-state index in [4.69, 9.17) is 9.59 Å². The summed E-state index contributed by atoms with van der Waals surface area (Å²) in [5.41, 5.74) is 0. The summed E-state index contributed by atoms with van der Waals surface area (Å²) >= 11 is -0.00694. The van der Waals surface area contributed by atoms with Crippen molar-refractivity contribution in [2.45, 2.75) is 25.7 Å². The standard InChI is InChI=1S/C8H12.2CO.Co/c1-2-4-6-8-7-5-3-1;2*1-2;/h1-4H,5-8H2;;;. The Morgan fingerprint density at radius 3 is 1.69 bits per heavy atom. The van der Waals surface area contributed by atoms with Crippen LogP contribution in [0.3, 0.4) is 0 Å². The number of allylic oxidation sites excluding steroid dienone is 4. The van der Waals surface area contributed by atoms with Crippen LogP contribution in [0.4, 0.5) is 0 Å². The van der Waals surface area contributed by atoms with E-state index in [9.17, 15) is 0 Å². The van der Waals surface area contributed by atoms with Gasteiger partial charge in [-0.15, -0.1) is 0 Å². The second-order valence-electron chi connectivity index (χ2n) is 2.36. The fraction of sp³-hybridized carbons (Fsp3) is 0.400. The van der Waals surface area contributed by atoms with Crippen molar-refractivity contribution in [1.82, 2.24) is 0 Å². The van der Waals surface area contributed by atoms with Gasteiger partial charge in [0.05, 0.1) is 0 Å². The molecule has 0 N–H and O–H groups in total. The van der Waals surface area contributed by atoms with Gasteiger partial charge in [0.25, 0.3) is 0 Å². The van der Waals surface area contributed by atoms with Gasteiger partial charge in [-0.3, -0.25) is 0 Å². The summed E-state index contributed by atoms with van der Waals surface area (Å²) in [5, 5.41) is 0. The molecule has 0 aromatic heterocycles. The van der Waals surface area contributed by atoms with Gasteiger partial charge in [0.1, 0.15) is 0 Å². The Bertz CT molecular complexity index is 249. The minimum atomic E-state index is -0.00694. The van der Waals surface area contributed by atoms with Gasteiger partial charge in [-0.2, -0.15) is 0 Å². The van der Waals surface area contributed by atoms with Gasteiger partial charge in [0.2, 0.25) is 0 Å². The summed E-state index contributed by atoms with van der Waals surface area (Å²) in [6.07, 6.45) is 14.0. The van der Waals surface area contributed by atoms with Crippen LogP contribution < -0.4 is 0 Å². The van der Waals surface area contributed by atoms with Gasteiger partial charge in [-0.1, -0.05) is 24.3 Å². The quantitative estimate of drug-likeness (QED) is 0.628. The number of carbonyl (C=O) groups excluding carboxylic acids is 2. The van der Waals surface area contributed by atoms with Crippen molar-refractivity contribution in [2.75, 3.05) is 0 Å². The van der Waals surface area contributed by atoms with Crippen LogP contribution in [0, 0.1) is 0 Å². The fourth-order valence-corrected chi connectivity index (χ4v) is 0.931. The molecule has 0 saturated carbocycles. The molecule has 0 saturated heterocycles. The van der Waals surface area contributed by atoms with Crippen LogP contribution in [0.25, 0.3) is 0 Å². The predicted molar refractivity (Wildman–Crippen MR) is 48.1 cm³/mol. The molecule has 1 rings (SSSR count). The molecule has 0 radical (unpaired) electrons. The topological polar surface area (TPSA) is 34.1 Å². The van der Waals surface area contributed by atoms with Gasteiger partial charge < -0.3 is 0 Å². The third-order valence-corrected chi connectivity index (χ3v) is 1.66. The summed E-state index contributed by atoms with van der Waals surface area (Å²) in [7, 11) is 0. The molecule has 0 heterocycles. The molecule has 1 aliphatic carbocycles. The van der Waals surface area contributed by atoms with E-state index in [-0.39, 0.29) is 13.8 Å². The monoisotopic (exact) mass is 223 g/mol. The first-order chi connectivity index (χ1) is 6.41. The Morgan fingerprint density at radius 1 is 0.923 bits per heavy atom. The van der Waals surface area contributed by atoms with Crippen molar-refractivity contribution in [2.24, 2.45) is 0 Å².